The number of hydrogen-bond donors (Lipinski definition) is 0. The molecule has 166 valence electrons. The molecule has 0 atom stereocenters. The third-order valence-corrected chi connectivity index (χ3v) is 4.94. The number of nitro benzene ring substituents is 1. The van der Waals surface area contributed by atoms with Crippen molar-refractivity contribution in [3.05, 3.63) is 93.4 Å². The molecule has 0 unspecified atom stereocenters. The Labute approximate surface area is 184 Å². The molecule has 4 aromatic rings. The van der Waals surface area contributed by atoms with Crippen LogP contribution in [0.3, 0.4) is 0 Å². The van der Waals surface area contributed by atoms with Crippen LogP contribution in [0.4, 0.5) is 18.9 Å². The van der Waals surface area contributed by atoms with E-state index in [1.165, 1.54) is 65.5 Å². The predicted molar refractivity (Wildman–Crippen MR) is 113 cm³/mol. The van der Waals surface area contributed by atoms with Gasteiger partial charge in [-0.1, -0.05) is 23.4 Å². The van der Waals surface area contributed by atoms with Crippen LogP contribution in [0.5, 0.6) is 0 Å². The van der Waals surface area contributed by atoms with Crippen molar-refractivity contribution in [2.75, 3.05) is 0 Å². The monoisotopic (exact) mass is 453 g/mol. The first-order valence-corrected chi connectivity index (χ1v) is 9.51. The Bertz CT molecular complexity index is 1410. The summed E-state index contributed by atoms with van der Waals surface area (Å²) in [6.07, 6.45) is -0.618. The maximum atomic E-state index is 13.4. The quantitative estimate of drug-likeness (QED) is 0.183. The Morgan fingerprint density at radius 2 is 1.85 bits per heavy atom. The molecule has 0 fully saturated rings. The van der Waals surface area contributed by atoms with Crippen molar-refractivity contribution < 1.29 is 22.9 Å². The lowest BCUT2D eigenvalue weighted by molar-refractivity contribution is -0.384. The fraction of sp³-hybridized carbons (Fsp3) is 0.0909. The highest BCUT2D eigenvalue weighted by molar-refractivity contribution is 6.06. The van der Waals surface area contributed by atoms with E-state index in [2.05, 4.69) is 15.3 Å². The van der Waals surface area contributed by atoms with Crippen molar-refractivity contribution in [2.24, 2.45) is 0 Å². The van der Waals surface area contributed by atoms with E-state index in [0.29, 0.717) is 16.9 Å². The van der Waals surface area contributed by atoms with Crippen LogP contribution in [0, 0.1) is 17.0 Å². The van der Waals surface area contributed by atoms with Crippen molar-refractivity contribution in [1.82, 2.24) is 20.0 Å². The first-order valence-electron chi connectivity index (χ1n) is 9.51. The summed E-state index contributed by atoms with van der Waals surface area (Å²) in [5.41, 5.74) is 0.0393. The molecule has 0 spiro atoms. The number of aromatic nitrogens is 4. The normalized spacial score (nSPS) is 11.9. The Morgan fingerprint density at radius 1 is 1.12 bits per heavy atom. The van der Waals surface area contributed by atoms with Crippen molar-refractivity contribution in [2.45, 2.75) is 13.1 Å². The number of fused-ring (bicyclic) bond motifs is 1. The van der Waals surface area contributed by atoms with Gasteiger partial charge in [0, 0.05) is 23.7 Å². The highest BCUT2D eigenvalue weighted by atomic mass is 19.4. The van der Waals surface area contributed by atoms with Gasteiger partial charge in [0.2, 0.25) is 5.78 Å². The van der Waals surface area contributed by atoms with Crippen LogP contribution in [0.25, 0.3) is 22.7 Å². The topological polar surface area (TPSA) is 104 Å². The largest absolute Gasteiger partial charge is 0.418 e. The molecule has 0 bridgehead atoms. The number of rotatable bonds is 5. The number of pyridine rings is 1. The molecule has 2 aromatic carbocycles. The summed E-state index contributed by atoms with van der Waals surface area (Å²) in [4.78, 5) is 26.7. The third-order valence-electron chi connectivity index (χ3n) is 4.94. The molecule has 0 aliphatic heterocycles. The molecule has 11 heteroatoms. The van der Waals surface area contributed by atoms with Crippen LogP contribution in [0.1, 0.15) is 27.3 Å². The molecule has 0 saturated heterocycles. The number of halogens is 3. The second-order valence-electron chi connectivity index (χ2n) is 7.01. The van der Waals surface area contributed by atoms with E-state index in [4.69, 9.17) is 0 Å². The van der Waals surface area contributed by atoms with Gasteiger partial charge in [0.25, 0.3) is 5.69 Å². The van der Waals surface area contributed by atoms with E-state index >= 15 is 0 Å². The van der Waals surface area contributed by atoms with Gasteiger partial charge in [-0.25, -0.2) is 4.68 Å². The summed E-state index contributed by atoms with van der Waals surface area (Å²) in [6, 6.07) is 10.8. The highest BCUT2D eigenvalue weighted by Crippen LogP contribution is 2.35. The van der Waals surface area contributed by atoms with Crippen LogP contribution >= 0.6 is 0 Å². The van der Waals surface area contributed by atoms with Gasteiger partial charge in [-0.05, 0) is 42.8 Å². The maximum absolute atomic E-state index is 13.4. The molecule has 2 aromatic heterocycles. The number of hydrogen-bond acceptors (Lipinski definition) is 6. The number of alkyl halides is 3. The van der Waals surface area contributed by atoms with Crippen LogP contribution < -0.4 is 0 Å². The minimum Gasteiger partial charge on any atom is -0.287 e. The fourth-order valence-corrected chi connectivity index (χ4v) is 3.32. The number of ketones is 1. The number of para-hydroxylation sites is 1. The van der Waals surface area contributed by atoms with Crippen LogP contribution in [0.2, 0.25) is 0 Å². The Balaban J connectivity index is 1.68. The number of benzene rings is 2. The zero-order valence-electron chi connectivity index (χ0n) is 16.9. The zero-order valence-corrected chi connectivity index (χ0v) is 16.9. The third kappa shape index (κ3) is 4.20. The second kappa shape index (κ2) is 8.26. The minimum absolute atomic E-state index is 0.0186. The minimum atomic E-state index is -4.58. The Kier molecular flexibility index (Phi) is 5.46. The van der Waals surface area contributed by atoms with E-state index in [0.717, 1.165) is 6.07 Å². The molecule has 0 N–H and O–H groups in total. The number of nitro groups is 1. The summed E-state index contributed by atoms with van der Waals surface area (Å²) in [5.74, 6) is -0.480. The molecule has 4 rings (SSSR count). The summed E-state index contributed by atoms with van der Waals surface area (Å²) >= 11 is 0. The lowest BCUT2D eigenvalue weighted by Crippen LogP contribution is -2.08. The first kappa shape index (κ1) is 21.8. The van der Waals surface area contributed by atoms with Gasteiger partial charge in [-0.15, -0.1) is 5.10 Å². The van der Waals surface area contributed by atoms with Gasteiger partial charge >= 0.3 is 6.18 Å². The molecule has 2 heterocycles. The number of non-ortho nitro benzene ring substituents is 1. The first-order chi connectivity index (χ1) is 15.7. The molecule has 0 aliphatic carbocycles. The second-order valence-corrected chi connectivity index (χ2v) is 7.01. The summed E-state index contributed by atoms with van der Waals surface area (Å²) in [6.45, 7) is 1.58. The average Bonchev–Trinajstić information content (AvgIpc) is 3.17. The van der Waals surface area contributed by atoms with E-state index in [1.807, 2.05) is 0 Å². The van der Waals surface area contributed by atoms with Gasteiger partial charge in [0.15, 0.2) is 5.69 Å². The molecule has 33 heavy (non-hydrogen) atoms. The van der Waals surface area contributed by atoms with E-state index in [-0.39, 0.29) is 22.3 Å². The van der Waals surface area contributed by atoms with E-state index in [9.17, 15) is 28.1 Å². The summed E-state index contributed by atoms with van der Waals surface area (Å²) in [5, 5.41) is 18.8. The summed E-state index contributed by atoms with van der Waals surface area (Å²) < 4.78 is 41.4. The van der Waals surface area contributed by atoms with Crippen molar-refractivity contribution in [3.63, 3.8) is 0 Å². The highest BCUT2D eigenvalue weighted by Gasteiger charge is 2.33. The van der Waals surface area contributed by atoms with Gasteiger partial charge in [0.05, 0.1) is 27.4 Å². The lowest BCUT2D eigenvalue weighted by atomic mass is 10.1. The number of allylic oxidation sites excluding steroid dienone is 1. The predicted octanol–water partition coefficient (Wildman–Crippen LogP) is 4.95. The van der Waals surface area contributed by atoms with Crippen molar-refractivity contribution in [3.8, 4) is 5.69 Å². The number of carbonyl (C=O) groups excluding carboxylic acids is 1. The summed E-state index contributed by atoms with van der Waals surface area (Å²) in [7, 11) is 0. The fourth-order valence-electron chi connectivity index (χ4n) is 3.32. The maximum Gasteiger partial charge on any atom is 0.418 e. The molecular weight excluding hydrogens is 439 g/mol. The Hall–Kier alpha value is -4.41. The van der Waals surface area contributed by atoms with Crippen molar-refractivity contribution >= 4 is 28.4 Å². The number of carbonyl (C=O) groups is 1. The molecule has 8 nitrogen and oxygen atoms in total. The van der Waals surface area contributed by atoms with Gasteiger partial charge in [-0.2, -0.15) is 13.2 Å². The number of nitrogens with zero attached hydrogens (tertiary/aromatic N) is 5. The standard InChI is InChI=1S/C22H14F3N5O3/c1-13-20(19(31)10-7-14-5-8-15(9-6-14)30(32)33)27-28-29(13)18-11-12-26-21-16(18)3-2-4-17(21)22(23,24)25/h2-12H,1H3/b10-7+. The molecular formula is C22H14F3N5O3. The SMILES string of the molecule is Cc1c(C(=O)/C=C/c2ccc([N+](=O)[O-])cc2)nnn1-c1ccnc2c(C(F)(F)F)cccc12. The van der Waals surface area contributed by atoms with Gasteiger partial charge in [-0.3, -0.25) is 19.9 Å². The van der Waals surface area contributed by atoms with Crippen LogP contribution in [-0.4, -0.2) is 30.7 Å². The zero-order chi connectivity index (χ0) is 23.8. The van der Waals surface area contributed by atoms with E-state index < -0.39 is 22.4 Å². The molecule has 0 aliphatic rings. The van der Waals surface area contributed by atoms with Gasteiger partial charge < -0.3 is 0 Å². The van der Waals surface area contributed by atoms with Crippen LogP contribution in [0.15, 0.2) is 60.8 Å². The van der Waals surface area contributed by atoms with Crippen molar-refractivity contribution in [1.29, 1.82) is 0 Å². The lowest BCUT2D eigenvalue weighted by Gasteiger charge is -2.12. The Morgan fingerprint density at radius 3 is 2.52 bits per heavy atom. The van der Waals surface area contributed by atoms with E-state index in [1.54, 1.807) is 6.92 Å². The molecule has 0 radical (unpaired) electrons. The molecule has 0 amide bonds. The molecule has 0 saturated carbocycles. The van der Waals surface area contributed by atoms with Crippen LogP contribution in [-0.2, 0) is 6.18 Å². The smallest absolute Gasteiger partial charge is 0.287 e. The average molecular weight is 453 g/mol. The van der Waals surface area contributed by atoms with Gasteiger partial charge in [0.1, 0.15) is 0 Å².